The molecule has 0 heterocycles. The van der Waals surface area contributed by atoms with Crippen molar-refractivity contribution >= 4 is 15.7 Å². The number of amides is 1. The zero-order valence-corrected chi connectivity index (χ0v) is 13.9. The first-order valence-electron chi connectivity index (χ1n) is 6.95. The van der Waals surface area contributed by atoms with E-state index < -0.39 is 9.84 Å². The first kappa shape index (κ1) is 17.7. The van der Waals surface area contributed by atoms with Crippen LogP contribution in [0.3, 0.4) is 0 Å². The lowest BCUT2D eigenvalue weighted by atomic mass is 10.0. The minimum atomic E-state index is -3.16. The lowest BCUT2D eigenvalue weighted by Crippen LogP contribution is -2.46. The van der Waals surface area contributed by atoms with Crippen LogP contribution in [0.2, 0.25) is 0 Å². The predicted molar refractivity (Wildman–Crippen MR) is 83.8 cm³/mol. The van der Waals surface area contributed by atoms with E-state index in [1.54, 1.807) is 24.3 Å². The molecule has 0 aliphatic rings. The molecule has 2 N–H and O–H groups in total. The van der Waals surface area contributed by atoms with Crippen LogP contribution >= 0.6 is 0 Å². The summed E-state index contributed by atoms with van der Waals surface area (Å²) in [6.45, 7) is 6.74. The van der Waals surface area contributed by atoms with Gasteiger partial charge in [0.1, 0.15) is 0 Å². The molecule has 118 valence electrons. The van der Waals surface area contributed by atoms with Crippen molar-refractivity contribution in [1.82, 2.24) is 10.6 Å². The topological polar surface area (TPSA) is 75.3 Å². The summed E-state index contributed by atoms with van der Waals surface area (Å²) in [6.07, 6.45) is 2.05. The summed E-state index contributed by atoms with van der Waals surface area (Å²) >= 11 is 0. The van der Waals surface area contributed by atoms with Gasteiger partial charge in [-0.1, -0.05) is 19.1 Å². The summed E-state index contributed by atoms with van der Waals surface area (Å²) in [5.74, 6) is -0.0467. The van der Waals surface area contributed by atoms with Crippen molar-refractivity contribution < 1.29 is 13.2 Å². The maximum Gasteiger partial charge on any atom is 0.234 e. The quantitative estimate of drug-likeness (QED) is 0.800. The van der Waals surface area contributed by atoms with Crippen molar-refractivity contribution in [3.63, 3.8) is 0 Å². The maximum absolute atomic E-state index is 11.7. The molecule has 1 amide bonds. The number of hydrogen-bond donors (Lipinski definition) is 2. The van der Waals surface area contributed by atoms with Crippen LogP contribution in [0.5, 0.6) is 0 Å². The first-order chi connectivity index (χ1) is 9.64. The molecule has 0 spiro atoms. The Balaban J connectivity index is 2.45. The second-order valence-electron chi connectivity index (χ2n) is 5.81. The third-order valence-electron chi connectivity index (χ3n) is 3.33. The van der Waals surface area contributed by atoms with E-state index in [4.69, 9.17) is 0 Å². The van der Waals surface area contributed by atoms with Gasteiger partial charge in [-0.15, -0.1) is 0 Å². The molecule has 0 saturated carbocycles. The Bertz CT molecular complexity index is 577. The van der Waals surface area contributed by atoms with Crippen molar-refractivity contribution in [3.05, 3.63) is 29.8 Å². The largest absolute Gasteiger partial charge is 0.350 e. The highest BCUT2D eigenvalue weighted by atomic mass is 32.2. The predicted octanol–water partition coefficient (Wildman–Crippen LogP) is 1.48. The van der Waals surface area contributed by atoms with E-state index in [9.17, 15) is 13.2 Å². The monoisotopic (exact) mass is 312 g/mol. The van der Waals surface area contributed by atoms with E-state index in [-0.39, 0.29) is 18.0 Å². The van der Waals surface area contributed by atoms with Crippen LogP contribution < -0.4 is 10.6 Å². The SMILES string of the molecule is CCC(C)(C)NC(=O)CNCc1ccc(S(C)(=O)=O)cc1. The zero-order chi connectivity index (χ0) is 16.1. The highest BCUT2D eigenvalue weighted by Crippen LogP contribution is 2.10. The van der Waals surface area contributed by atoms with Crippen molar-refractivity contribution in [3.8, 4) is 0 Å². The van der Waals surface area contributed by atoms with Crippen LogP contribution in [0, 0.1) is 0 Å². The molecular formula is C15H24N2O3S. The van der Waals surface area contributed by atoms with Gasteiger partial charge in [-0.25, -0.2) is 8.42 Å². The van der Waals surface area contributed by atoms with E-state index in [0.29, 0.717) is 11.4 Å². The van der Waals surface area contributed by atoms with Gasteiger partial charge in [-0.2, -0.15) is 0 Å². The molecule has 1 aromatic carbocycles. The molecule has 1 aromatic rings. The lowest BCUT2D eigenvalue weighted by Gasteiger charge is -2.24. The van der Waals surface area contributed by atoms with E-state index in [2.05, 4.69) is 10.6 Å². The molecule has 0 saturated heterocycles. The summed E-state index contributed by atoms with van der Waals surface area (Å²) in [6, 6.07) is 6.65. The van der Waals surface area contributed by atoms with Crippen molar-refractivity contribution in [2.24, 2.45) is 0 Å². The van der Waals surface area contributed by atoms with Crippen molar-refractivity contribution in [2.75, 3.05) is 12.8 Å². The normalized spacial score (nSPS) is 12.2. The Labute approximate surface area is 127 Å². The number of nitrogens with one attached hydrogen (secondary N) is 2. The fourth-order valence-electron chi connectivity index (χ4n) is 1.68. The molecule has 1 rings (SSSR count). The van der Waals surface area contributed by atoms with Gasteiger partial charge in [0.2, 0.25) is 5.91 Å². The minimum absolute atomic E-state index is 0.0467. The number of rotatable bonds is 7. The molecular weight excluding hydrogens is 288 g/mol. The third-order valence-corrected chi connectivity index (χ3v) is 4.46. The van der Waals surface area contributed by atoms with Crippen LogP contribution in [0.15, 0.2) is 29.2 Å². The van der Waals surface area contributed by atoms with Gasteiger partial charge >= 0.3 is 0 Å². The molecule has 0 atom stereocenters. The standard InChI is InChI=1S/C15H24N2O3S/c1-5-15(2,3)17-14(18)11-16-10-12-6-8-13(9-7-12)21(4,19)20/h6-9,16H,5,10-11H2,1-4H3,(H,17,18). The van der Waals surface area contributed by atoms with E-state index in [1.165, 1.54) is 6.26 Å². The molecule has 6 heteroatoms. The smallest absolute Gasteiger partial charge is 0.234 e. The van der Waals surface area contributed by atoms with Gasteiger partial charge in [0.15, 0.2) is 9.84 Å². The average molecular weight is 312 g/mol. The highest BCUT2D eigenvalue weighted by Gasteiger charge is 2.17. The summed E-state index contributed by atoms with van der Waals surface area (Å²) in [5.41, 5.74) is 0.737. The molecule has 0 radical (unpaired) electrons. The fourth-order valence-corrected chi connectivity index (χ4v) is 2.32. The van der Waals surface area contributed by atoms with Gasteiger partial charge in [0.25, 0.3) is 0 Å². The molecule has 0 aliphatic heterocycles. The van der Waals surface area contributed by atoms with Crippen LogP contribution in [0.4, 0.5) is 0 Å². The molecule has 0 unspecified atom stereocenters. The number of carbonyl (C=O) groups excluding carboxylic acids is 1. The molecule has 0 aromatic heterocycles. The summed E-state index contributed by atoms with van der Waals surface area (Å²) in [5, 5.41) is 5.99. The number of benzene rings is 1. The molecule has 0 fully saturated rings. The number of carbonyl (C=O) groups is 1. The minimum Gasteiger partial charge on any atom is -0.350 e. The van der Waals surface area contributed by atoms with Crippen LogP contribution in [-0.2, 0) is 21.2 Å². The van der Waals surface area contributed by atoms with Crippen LogP contribution in [-0.4, -0.2) is 32.7 Å². The Morgan fingerprint density at radius 1 is 1.19 bits per heavy atom. The van der Waals surface area contributed by atoms with E-state index in [0.717, 1.165) is 12.0 Å². The van der Waals surface area contributed by atoms with Gasteiger partial charge in [0.05, 0.1) is 11.4 Å². The van der Waals surface area contributed by atoms with Crippen molar-refractivity contribution in [2.45, 2.75) is 44.2 Å². The summed E-state index contributed by atoms with van der Waals surface area (Å²) in [4.78, 5) is 12.0. The number of hydrogen-bond acceptors (Lipinski definition) is 4. The second kappa shape index (κ2) is 7.04. The Kier molecular flexibility index (Phi) is 5.92. The zero-order valence-electron chi connectivity index (χ0n) is 13.1. The Morgan fingerprint density at radius 3 is 2.24 bits per heavy atom. The highest BCUT2D eigenvalue weighted by molar-refractivity contribution is 7.90. The van der Waals surface area contributed by atoms with E-state index >= 15 is 0 Å². The summed E-state index contributed by atoms with van der Waals surface area (Å²) < 4.78 is 22.7. The van der Waals surface area contributed by atoms with Gasteiger partial charge in [-0.3, -0.25) is 4.79 Å². The molecule has 0 aliphatic carbocycles. The third kappa shape index (κ3) is 6.27. The van der Waals surface area contributed by atoms with Crippen molar-refractivity contribution in [1.29, 1.82) is 0 Å². The molecule has 21 heavy (non-hydrogen) atoms. The van der Waals surface area contributed by atoms with Gasteiger partial charge in [0, 0.05) is 18.3 Å². The lowest BCUT2D eigenvalue weighted by molar-refractivity contribution is -0.121. The average Bonchev–Trinajstić information content (AvgIpc) is 2.37. The van der Waals surface area contributed by atoms with Crippen LogP contribution in [0.1, 0.15) is 32.8 Å². The maximum atomic E-state index is 11.7. The second-order valence-corrected chi connectivity index (χ2v) is 7.82. The van der Waals surface area contributed by atoms with Gasteiger partial charge < -0.3 is 10.6 Å². The molecule has 0 bridgehead atoms. The molecule has 5 nitrogen and oxygen atoms in total. The Hall–Kier alpha value is -1.40. The Morgan fingerprint density at radius 2 is 1.76 bits per heavy atom. The van der Waals surface area contributed by atoms with E-state index in [1.807, 2.05) is 20.8 Å². The van der Waals surface area contributed by atoms with Gasteiger partial charge in [-0.05, 0) is 38.0 Å². The fraction of sp³-hybridized carbons (Fsp3) is 0.533. The van der Waals surface area contributed by atoms with Crippen LogP contribution in [0.25, 0.3) is 0 Å². The summed E-state index contributed by atoms with van der Waals surface area (Å²) in [7, 11) is -3.16. The first-order valence-corrected chi connectivity index (χ1v) is 8.84. The number of sulfone groups is 1.